The van der Waals surface area contributed by atoms with Crippen LogP contribution < -0.4 is 0 Å². The average molecular weight is 233 g/mol. The summed E-state index contributed by atoms with van der Waals surface area (Å²) in [6.45, 7) is 4.97. The topological polar surface area (TPSA) is 28.7 Å². The van der Waals surface area contributed by atoms with Crippen molar-refractivity contribution in [2.24, 2.45) is 0 Å². The van der Waals surface area contributed by atoms with Gasteiger partial charge in [-0.2, -0.15) is 5.26 Å². The van der Waals surface area contributed by atoms with Crippen LogP contribution in [0.5, 0.6) is 0 Å². The molecule has 0 fully saturated rings. The highest BCUT2D eigenvalue weighted by Gasteiger charge is 2.14. The standard InChI is InChI=1S/C13H13ClN2/c1-3-6-16-12-5-4-9(2)7-10(12)11(8-15)13(16)14/h4-5,7H,3,6H2,1-2H3. The molecule has 0 unspecified atom stereocenters. The summed E-state index contributed by atoms with van der Waals surface area (Å²) in [7, 11) is 0. The fraction of sp³-hybridized carbons (Fsp3) is 0.308. The van der Waals surface area contributed by atoms with Gasteiger partial charge in [0, 0.05) is 11.9 Å². The molecule has 2 aromatic rings. The molecule has 0 saturated heterocycles. The molecule has 0 aliphatic carbocycles. The molecule has 1 aromatic heterocycles. The first-order valence-corrected chi connectivity index (χ1v) is 5.75. The van der Waals surface area contributed by atoms with Gasteiger partial charge < -0.3 is 4.57 Å². The van der Waals surface area contributed by atoms with Gasteiger partial charge in [0.25, 0.3) is 0 Å². The Kier molecular flexibility index (Phi) is 2.89. The molecule has 3 heteroatoms. The van der Waals surface area contributed by atoms with Crippen LogP contribution in [-0.2, 0) is 6.54 Å². The third kappa shape index (κ3) is 1.58. The molecule has 0 radical (unpaired) electrons. The van der Waals surface area contributed by atoms with Crippen LogP contribution in [0.25, 0.3) is 10.9 Å². The summed E-state index contributed by atoms with van der Waals surface area (Å²) in [5.41, 5.74) is 2.79. The lowest BCUT2D eigenvalue weighted by Crippen LogP contribution is -1.96. The maximum Gasteiger partial charge on any atom is 0.128 e. The van der Waals surface area contributed by atoms with Crippen LogP contribution in [0.4, 0.5) is 0 Å². The minimum atomic E-state index is 0.560. The Labute approximate surface area is 100 Å². The molecule has 0 amide bonds. The number of fused-ring (bicyclic) bond motifs is 1. The van der Waals surface area contributed by atoms with Crippen LogP contribution in [0.3, 0.4) is 0 Å². The predicted molar refractivity (Wildman–Crippen MR) is 66.7 cm³/mol. The van der Waals surface area contributed by atoms with E-state index < -0.39 is 0 Å². The van der Waals surface area contributed by atoms with Gasteiger partial charge in [-0.15, -0.1) is 0 Å². The molecular formula is C13H13ClN2. The van der Waals surface area contributed by atoms with E-state index in [9.17, 15) is 0 Å². The summed E-state index contributed by atoms with van der Waals surface area (Å²) in [6.07, 6.45) is 1.00. The number of aromatic nitrogens is 1. The number of rotatable bonds is 2. The largest absolute Gasteiger partial charge is 0.330 e. The number of halogens is 1. The molecule has 0 aliphatic heterocycles. The van der Waals surface area contributed by atoms with Crippen LogP contribution >= 0.6 is 11.6 Å². The number of aryl methyl sites for hydroxylation is 2. The zero-order chi connectivity index (χ0) is 11.7. The summed E-state index contributed by atoms with van der Waals surface area (Å²) >= 11 is 6.22. The van der Waals surface area contributed by atoms with Crippen molar-refractivity contribution in [3.8, 4) is 6.07 Å². The first-order valence-electron chi connectivity index (χ1n) is 5.37. The summed E-state index contributed by atoms with van der Waals surface area (Å²) < 4.78 is 2.01. The molecule has 0 N–H and O–H groups in total. The van der Waals surface area contributed by atoms with E-state index in [1.165, 1.54) is 0 Å². The van der Waals surface area contributed by atoms with Crippen molar-refractivity contribution in [1.29, 1.82) is 5.26 Å². The second kappa shape index (κ2) is 4.19. The highest BCUT2D eigenvalue weighted by Crippen LogP contribution is 2.30. The lowest BCUT2D eigenvalue weighted by atomic mass is 10.1. The van der Waals surface area contributed by atoms with E-state index in [4.69, 9.17) is 16.9 Å². The Morgan fingerprint density at radius 1 is 1.44 bits per heavy atom. The first kappa shape index (κ1) is 11.0. The van der Waals surface area contributed by atoms with Gasteiger partial charge in [0.2, 0.25) is 0 Å². The number of nitriles is 1. The van der Waals surface area contributed by atoms with Gasteiger partial charge in [0.05, 0.1) is 11.1 Å². The summed E-state index contributed by atoms with van der Waals surface area (Å²) in [5.74, 6) is 0. The lowest BCUT2D eigenvalue weighted by Gasteiger charge is -2.04. The SMILES string of the molecule is CCCn1c(Cl)c(C#N)c2cc(C)ccc21. The number of nitrogens with zero attached hydrogens (tertiary/aromatic N) is 2. The van der Waals surface area contributed by atoms with Crippen molar-refractivity contribution >= 4 is 22.5 Å². The van der Waals surface area contributed by atoms with Crippen molar-refractivity contribution in [1.82, 2.24) is 4.57 Å². The van der Waals surface area contributed by atoms with Crippen LogP contribution in [0.15, 0.2) is 18.2 Å². The van der Waals surface area contributed by atoms with Gasteiger partial charge in [-0.25, -0.2) is 0 Å². The van der Waals surface area contributed by atoms with E-state index in [1.54, 1.807) is 0 Å². The summed E-state index contributed by atoms with van der Waals surface area (Å²) in [4.78, 5) is 0. The fourth-order valence-electron chi connectivity index (χ4n) is 1.99. The molecule has 2 rings (SSSR count). The average Bonchev–Trinajstić information content (AvgIpc) is 2.52. The second-order valence-corrected chi connectivity index (χ2v) is 4.31. The Bertz CT molecular complexity index is 576. The zero-order valence-electron chi connectivity index (χ0n) is 9.42. The maximum absolute atomic E-state index is 9.14. The molecular weight excluding hydrogens is 220 g/mol. The van der Waals surface area contributed by atoms with Crippen molar-refractivity contribution in [2.45, 2.75) is 26.8 Å². The van der Waals surface area contributed by atoms with Crippen molar-refractivity contribution < 1.29 is 0 Å². The quantitative estimate of drug-likeness (QED) is 0.772. The smallest absolute Gasteiger partial charge is 0.128 e. The fourth-order valence-corrected chi connectivity index (χ4v) is 2.31. The highest BCUT2D eigenvalue weighted by molar-refractivity contribution is 6.32. The van der Waals surface area contributed by atoms with Crippen LogP contribution in [0.2, 0.25) is 5.15 Å². The number of benzene rings is 1. The summed E-state index contributed by atoms with van der Waals surface area (Å²) in [6, 6.07) is 8.29. The molecule has 16 heavy (non-hydrogen) atoms. The van der Waals surface area contributed by atoms with E-state index in [1.807, 2.05) is 29.7 Å². The molecule has 1 heterocycles. The van der Waals surface area contributed by atoms with Crippen LogP contribution in [0, 0.1) is 18.3 Å². The van der Waals surface area contributed by atoms with Crippen molar-refractivity contribution in [2.75, 3.05) is 0 Å². The van der Waals surface area contributed by atoms with Gasteiger partial charge >= 0.3 is 0 Å². The predicted octanol–water partition coefficient (Wildman–Crippen LogP) is 3.88. The lowest BCUT2D eigenvalue weighted by molar-refractivity contribution is 0.704. The van der Waals surface area contributed by atoms with E-state index >= 15 is 0 Å². The number of hydrogen-bond donors (Lipinski definition) is 0. The molecule has 0 aliphatic rings. The Hall–Kier alpha value is -1.46. The first-order chi connectivity index (χ1) is 7.69. The Morgan fingerprint density at radius 2 is 2.19 bits per heavy atom. The molecule has 0 atom stereocenters. The molecule has 0 bridgehead atoms. The van der Waals surface area contributed by atoms with Gasteiger partial charge in [-0.1, -0.05) is 30.2 Å². The molecule has 2 nitrogen and oxygen atoms in total. The Morgan fingerprint density at radius 3 is 2.81 bits per heavy atom. The maximum atomic E-state index is 9.14. The third-order valence-electron chi connectivity index (χ3n) is 2.71. The van der Waals surface area contributed by atoms with E-state index in [0.29, 0.717) is 10.7 Å². The third-order valence-corrected chi connectivity index (χ3v) is 3.11. The molecule has 0 saturated carbocycles. The summed E-state index contributed by atoms with van der Waals surface area (Å²) in [5, 5.41) is 10.7. The molecule has 82 valence electrons. The van der Waals surface area contributed by atoms with Crippen molar-refractivity contribution in [3.63, 3.8) is 0 Å². The van der Waals surface area contributed by atoms with E-state index in [2.05, 4.69) is 13.0 Å². The van der Waals surface area contributed by atoms with Gasteiger partial charge in [-0.05, 0) is 25.5 Å². The normalized spacial score (nSPS) is 10.6. The number of hydrogen-bond acceptors (Lipinski definition) is 1. The van der Waals surface area contributed by atoms with Crippen LogP contribution in [0.1, 0.15) is 24.5 Å². The van der Waals surface area contributed by atoms with E-state index in [0.717, 1.165) is 29.4 Å². The second-order valence-electron chi connectivity index (χ2n) is 3.95. The molecule has 1 aromatic carbocycles. The minimum Gasteiger partial charge on any atom is -0.330 e. The van der Waals surface area contributed by atoms with Gasteiger partial charge in [0.1, 0.15) is 11.2 Å². The van der Waals surface area contributed by atoms with Gasteiger partial charge in [0.15, 0.2) is 0 Å². The van der Waals surface area contributed by atoms with Crippen LogP contribution in [-0.4, -0.2) is 4.57 Å². The van der Waals surface area contributed by atoms with Crippen molar-refractivity contribution in [3.05, 3.63) is 34.5 Å². The van der Waals surface area contributed by atoms with E-state index in [-0.39, 0.29) is 0 Å². The monoisotopic (exact) mass is 232 g/mol. The minimum absolute atomic E-state index is 0.560. The molecule has 0 spiro atoms. The highest BCUT2D eigenvalue weighted by atomic mass is 35.5. The zero-order valence-corrected chi connectivity index (χ0v) is 10.2. The Balaban J connectivity index is 2.82. The van der Waals surface area contributed by atoms with Gasteiger partial charge in [-0.3, -0.25) is 0 Å².